The normalized spacial score (nSPS) is 11.2. The van der Waals surface area contributed by atoms with Crippen molar-refractivity contribution in [2.24, 2.45) is 0 Å². The SMILES string of the molecule is COc1ccc2c(ncc3ccoc32)c1CO. The van der Waals surface area contributed by atoms with Gasteiger partial charge in [0.15, 0.2) is 0 Å². The molecule has 0 aliphatic rings. The van der Waals surface area contributed by atoms with Crippen molar-refractivity contribution in [1.82, 2.24) is 4.98 Å². The van der Waals surface area contributed by atoms with Crippen LogP contribution in [-0.2, 0) is 6.61 Å². The summed E-state index contributed by atoms with van der Waals surface area (Å²) < 4.78 is 10.6. The Morgan fingerprint density at radius 2 is 2.24 bits per heavy atom. The highest BCUT2D eigenvalue weighted by Crippen LogP contribution is 2.31. The molecule has 4 heteroatoms. The number of ether oxygens (including phenoxy) is 1. The molecule has 0 bridgehead atoms. The first-order chi connectivity index (χ1) is 8.35. The van der Waals surface area contributed by atoms with E-state index in [0.717, 1.165) is 16.4 Å². The van der Waals surface area contributed by atoms with Gasteiger partial charge in [-0.25, -0.2) is 0 Å². The number of aliphatic hydroxyl groups is 1. The highest BCUT2D eigenvalue weighted by atomic mass is 16.5. The Labute approximate surface area is 97.4 Å². The Kier molecular flexibility index (Phi) is 2.23. The molecule has 86 valence electrons. The van der Waals surface area contributed by atoms with Gasteiger partial charge in [-0.05, 0) is 18.2 Å². The summed E-state index contributed by atoms with van der Waals surface area (Å²) >= 11 is 0. The number of furan rings is 1. The number of nitrogens with zero attached hydrogens (tertiary/aromatic N) is 1. The van der Waals surface area contributed by atoms with Gasteiger partial charge in [0.05, 0.1) is 25.5 Å². The molecule has 0 saturated heterocycles. The fourth-order valence-electron chi connectivity index (χ4n) is 2.07. The molecule has 1 aromatic carbocycles. The number of benzene rings is 1. The minimum Gasteiger partial charge on any atom is -0.496 e. The van der Waals surface area contributed by atoms with Gasteiger partial charge >= 0.3 is 0 Å². The van der Waals surface area contributed by atoms with E-state index in [4.69, 9.17) is 9.15 Å². The quantitative estimate of drug-likeness (QED) is 0.733. The average molecular weight is 229 g/mol. The van der Waals surface area contributed by atoms with E-state index >= 15 is 0 Å². The van der Waals surface area contributed by atoms with Gasteiger partial charge in [-0.15, -0.1) is 0 Å². The van der Waals surface area contributed by atoms with Gasteiger partial charge in [0.2, 0.25) is 0 Å². The molecule has 17 heavy (non-hydrogen) atoms. The van der Waals surface area contributed by atoms with Crippen LogP contribution < -0.4 is 4.74 Å². The number of methoxy groups -OCH3 is 1. The number of hydrogen-bond acceptors (Lipinski definition) is 4. The van der Waals surface area contributed by atoms with Crippen molar-refractivity contribution in [2.75, 3.05) is 7.11 Å². The van der Waals surface area contributed by atoms with Crippen LogP contribution in [0.2, 0.25) is 0 Å². The fraction of sp³-hybridized carbons (Fsp3) is 0.154. The van der Waals surface area contributed by atoms with Gasteiger partial charge in [-0.1, -0.05) is 0 Å². The van der Waals surface area contributed by atoms with Crippen LogP contribution in [0.3, 0.4) is 0 Å². The molecule has 0 aliphatic heterocycles. The smallest absolute Gasteiger partial charge is 0.144 e. The van der Waals surface area contributed by atoms with Gasteiger partial charge in [0, 0.05) is 22.5 Å². The van der Waals surface area contributed by atoms with Gasteiger partial charge in [0.1, 0.15) is 11.3 Å². The van der Waals surface area contributed by atoms with Crippen LogP contribution in [0.25, 0.3) is 21.9 Å². The molecule has 0 saturated carbocycles. The van der Waals surface area contributed by atoms with Crippen molar-refractivity contribution >= 4 is 21.9 Å². The zero-order chi connectivity index (χ0) is 11.8. The van der Waals surface area contributed by atoms with Crippen molar-refractivity contribution in [2.45, 2.75) is 6.61 Å². The Hall–Kier alpha value is -2.07. The molecule has 4 nitrogen and oxygen atoms in total. The molecule has 0 amide bonds. The summed E-state index contributed by atoms with van der Waals surface area (Å²) in [7, 11) is 1.58. The third-order valence-corrected chi connectivity index (χ3v) is 2.89. The van der Waals surface area contributed by atoms with E-state index in [1.807, 2.05) is 18.2 Å². The molecular weight excluding hydrogens is 218 g/mol. The number of aliphatic hydroxyl groups excluding tert-OH is 1. The van der Waals surface area contributed by atoms with Gasteiger partial charge < -0.3 is 14.3 Å². The maximum Gasteiger partial charge on any atom is 0.144 e. The second-order valence-corrected chi connectivity index (χ2v) is 3.76. The van der Waals surface area contributed by atoms with E-state index in [1.54, 1.807) is 19.6 Å². The van der Waals surface area contributed by atoms with Crippen LogP contribution in [0.5, 0.6) is 5.75 Å². The van der Waals surface area contributed by atoms with E-state index < -0.39 is 0 Å². The summed E-state index contributed by atoms with van der Waals surface area (Å²) in [6.45, 7) is -0.111. The molecule has 0 unspecified atom stereocenters. The zero-order valence-electron chi connectivity index (χ0n) is 9.30. The van der Waals surface area contributed by atoms with Crippen molar-refractivity contribution < 1.29 is 14.3 Å². The van der Waals surface area contributed by atoms with Gasteiger partial charge in [-0.3, -0.25) is 4.98 Å². The Morgan fingerprint density at radius 1 is 1.35 bits per heavy atom. The fourth-order valence-corrected chi connectivity index (χ4v) is 2.07. The third kappa shape index (κ3) is 1.38. The minimum atomic E-state index is -0.111. The lowest BCUT2D eigenvalue weighted by atomic mass is 10.1. The first-order valence-electron chi connectivity index (χ1n) is 5.28. The molecule has 0 atom stereocenters. The van der Waals surface area contributed by atoms with E-state index in [1.165, 1.54) is 0 Å². The Morgan fingerprint density at radius 3 is 3.00 bits per heavy atom. The lowest BCUT2D eigenvalue weighted by Gasteiger charge is -2.09. The Bertz CT molecular complexity index is 688. The number of aromatic nitrogens is 1. The predicted octanol–water partition coefficient (Wildman–Crippen LogP) is 2.48. The minimum absolute atomic E-state index is 0.111. The first-order valence-corrected chi connectivity index (χ1v) is 5.28. The standard InChI is InChI=1S/C13H11NO3/c1-16-11-3-2-9-12(10(11)7-15)14-6-8-4-5-17-13(8)9/h2-6,15H,7H2,1H3. The molecule has 1 N–H and O–H groups in total. The lowest BCUT2D eigenvalue weighted by Crippen LogP contribution is -1.95. The van der Waals surface area contributed by atoms with E-state index in [2.05, 4.69) is 4.98 Å². The maximum atomic E-state index is 9.42. The van der Waals surface area contributed by atoms with Crippen LogP contribution in [0, 0.1) is 0 Å². The van der Waals surface area contributed by atoms with E-state index in [0.29, 0.717) is 16.8 Å². The summed E-state index contributed by atoms with van der Waals surface area (Å²) in [6, 6.07) is 5.58. The first kappa shape index (κ1) is 10.1. The van der Waals surface area contributed by atoms with Crippen LogP contribution >= 0.6 is 0 Å². The van der Waals surface area contributed by atoms with Crippen LogP contribution in [0.1, 0.15) is 5.56 Å². The largest absolute Gasteiger partial charge is 0.496 e. The Balaban J connectivity index is 2.47. The van der Waals surface area contributed by atoms with E-state index in [-0.39, 0.29) is 6.61 Å². The number of pyridine rings is 1. The van der Waals surface area contributed by atoms with Crippen molar-refractivity contribution in [3.8, 4) is 5.75 Å². The highest BCUT2D eigenvalue weighted by molar-refractivity contribution is 6.03. The maximum absolute atomic E-state index is 9.42. The summed E-state index contributed by atoms with van der Waals surface area (Å²) in [6.07, 6.45) is 3.37. The molecule has 0 aliphatic carbocycles. The molecule has 2 heterocycles. The van der Waals surface area contributed by atoms with Gasteiger partial charge in [-0.2, -0.15) is 0 Å². The molecule has 0 spiro atoms. The summed E-state index contributed by atoms with van der Waals surface area (Å²) in [5, 5.41) is 11.3. The van der Waals surface area contributed by atoms with Crippen LogP contribution in [-0.4, -0.2) is 17.2 Å². The van der Waals surface area contributed by atoms with Crippen molar-refractivity contribution in [3.63, 3.8) is 0 Å². The summed E-state index contributed by atoms with van der Waals surface area (Å²) in [5.41, 5.74) is 2.19. The number of rotatable bonds is 2. The summed E-state index contributed by atoms with van der Waals surface area (Å²) in [5.74, 6) is 0.637. The molecule has 2 aromatic heterocycles. The second kappa shape index (κ2) is 3.75. The molecule has 0 fully saturated rings. The molecule has 3 aromatic rings. The second-order valence-electron chi connectivity index (χ2n) is 3.76. The number of fused-ring (bicyclic) bond motifs is 3. The van der Waals surface area contributed by atoms with Crippen LogP contribution in [0.15, 0.2) is 35.1 Å². The molecular formula is C13H11NO3. The average Bonchev–Trinajstić information content (AvgIpc) is 2.85. The summed E-state index contributed by atoms with van der Waals surface area (Å²) in [4.78, 5) is 4.36. The van der Waals surface area contributed by atoms with Crippen molar-refractivity contribution in [1.29, 1.82) is 0 Å². The lowest BCUT2D eigenvalue weighted by molar-refractivity contribution is 0.275. The number of hydrogen-bond donors (Lipinski definition) is 1. The molecule has 3 rings (SSSR count). The van der Waals surface area contributed by atoms with Crippen LogP contribution in [0.4, 0.5) is 0 Å². The predicted molar refractivity (Wildman–Crippen MR) is 64.0 cm³/mol. The topological polar surface area (TPSA) is 55.5 Å². The highest BCUT2D eigenvalue weighted by Gasteiger charge is 2.12. The van der Waals surface area contributed by atoms with Crippen molar-refractivity contribution in [3.05, 3.63) is 36.2 Å². The molecule has 0 radical (unpaired) electrons. The third-order valence-electron chi connectivity index (χ3n) is 2.89. The zero-order valence-corrected chi connectivity index (χ0v) is 9.30. The van der Waals surface area contributed by atoms with E-state index in [9.17, 15) is 5.11 Å². The monoisotopic (exact) mass is 229 g/mol. The van der Waals surface area contributed by atoms with Gasteiger partial charge in [0.25, 0.3) is 0 Å².